The van der Waals surface area contributed by atoms with Crippen molar-refractivity contribution in [3.05, 3.63) is 143 Å². The summed E-state index contributed by atoms with van der Waals surface area (Å²) in [6.45, 7) is 0. The van der Waals surface area contributed by atoms with Crippen LogP contribution in [-0.2, 0) is 16.1 Å². The van der Waals surface area contributed by atoms with Crippen molar-refractivity contribution >= 4 is 40.6 Å². The lowest BCUT2D eigenvalue weighted by Gasteiger charge is -2.23. The molecule has 0 radical (unpaired) electrons. The molecule has 0 bridgehead atoms. The van der Waals surface area contributed by atoms with Gasteiger partial charge in [0.2, 0.25) is 0 Å². The van der Waals surface area contributed by atoms with Crippen LogP contribution in [0.15, 0.2) is 90.1 Å². The summed E-state index contributed by atoms with van der Waals surface area (Å²) in [5.41, 5.74) is -1.61. The maximum atomic E-state index is 13.7. The van der Waals surface area contributed by atoms with E-state index in [1.807, 2.05) is 0 Å². The first-order valence-electron chi connectivity index (χ1n) is 13.1. The molecule has 0 fully saturated rings. The number of hydrogen-bond acceptors (Lipinski definition) is 11. The van der Waals surface area contributed by atoms with Gasteiger partial charge in [0.15, 0.2) is 0 Å². The average molecular weight is 607 g/mol. The number of hydrogen-bond donors (Lipinski definition) is 0. The van der Waals surface area contributed by atoms with E-state index in [4.69, 9.17) is 4.84 Å². The zero-order valence-electron chi connectivity index (χ0n) is 22.7. The van der Waals surface area contributed by atoms with Crippen molar-refractivity contribution in [2.45, 2.75) is 12.5 Å². The monoisotopic (exact) mass is 607 g/mol. The van der Waals surface area contributed by atoms with Gasteiger partial charge in [-0.2, -0.15) is 0 Å². The van der Waals surface area contributed by atoms with E-state index in [0.717, 1.165) is 29.2 Å². The number of amides is 2. The van der Waals surface area contributed by atoms with Gasteiger partial charge in [-0.15, -0.1) is 0 Å². The maximum Gasteiger partial charge on any atom is 0.358 e. The number of oxime groups is 1. The smallest absolute Gasteiger partial charge is 0.315 e. The summed E-state index contributed by atoms with van der Waals surface area (Å²) in [5.74, 6) is -2.64. The molecule has 6 rings (SSSR count). The Morgan fingerprint density at radius 1 is 0.711 bits per heavy atom. The van der Waals surface area contributed by atoms with E-state index >= 15 is 0 Å². The van der Waals surface area contributed by atoms with E-state index in [9.17, 15) is 44.7 Å². The normalized spacial score (nSPS) is 14.5. The minimum Gasteiger partial charge on any atom is -0.315 e. The van der Waals surface area contributed by atoms with Crippen molar-refractivity contribution in [3.63, 3.8) is 0 Å². The predicted molar refractivity (Wildman–Crippen MR) is 154 cm³/mol. The van der Waals surface area contributed by atoms with Crippen LogP contribution in [0.2, 0.25) is 0 Å². The van der Waals surface area contributed by atoms with Gasteiger partial charge in [-0.3, -0.25) is 44.8 Å². The fourth-order valence-corrected chi connectivity index (χ4v) is 5.39. The van der Waals surface area contributed by atoms with Crippen molar-refractivity contribution in [2.24, 2.45) is 5.16 Å². The maximum absolute atomic E-state index is 13.7. The highest BCUT2D eigenvalue weighted by atomic mass is 16.7. The minimum atomic E-state index is -1.52. The first kappa shape index (κ1) is 28.5. The highest BCUT2D eigenvalue weighted by Crippen LogP contribution is 2.46. The fourth-order valence-electron chi connectivity index (χ4n) is 5.39. The lowest BCUT2D eigenvalue weighted by molar-refractivity contribution is -0.393. The number of carbonyl (C=O) groups excluding carboxylic acids is 3. The number of imide groups is 1. The molecule has 4 aromatic carbocycles. The molecule has 4 aromatic rings. The van der Waals surface area contributed by atoms with E-state index in [1.165, 1.54) is 18.2 Å². The molecule has 0 unspecified atom stereocenters. The van der Waals surface area contributed by atoms with Gasteiger partial charge >= 0.3 is 5.97 Å². The van der Waals surface area contributed by atoms with Gasteiger partial charge in [-0.05, 0) is 29.3 Å². The molecular weight excluding hydrogens is 590 g/mol. The van der Waals surface area contributed by atoms with Crippen molar-refractivity contribution in [1.29, 1.82) is 0 Å². The van der Waals surface area contributed by atoms with Gasteiger partial charge < -0.3 is 4.84 Å². The molecule has 15 heteroatoms. The Kier molecular flexibility index (Phi) is 6.89. The van der Waals surface area contributed by atoms with E-state index in [1.54, 1.807) is 42.5 Å². The fraction of sp³-hybridized carbons (Fsp3) is 0.0667. The lowest BCUT2D eigenvalue weighted by atomic mass is 10.0. The molecule has 0 spiro atoms. The Balaban J connectivity index is 1.46. The van der Waals surface area contributed by atoms with Gasteiger partial charge in [0, 0.05) is 35.7 Å². The molecule has 222 valence electrons. The molecular formula is C30H17N5O10. The molecule has 1 heterocycles. The third-order valence-corrected chi connectivity index (χ3v) is 7.41. The van der Waals surface area contributed by atoms with Gasteiger partial charge in [0.1, 0.15) is 11.8 Å². The van der Waals surface area contributed by atoms with Crippen molar-refractivity contribution in [2.75, 3.05) is 0 Å². The van der Waals surface area contributed by atoms with Gasteiger partial charge in [0.05, 0.1) is 37.5 Å². The Morgan fingerprint density at radius 3 is 1.91 bits per heavy atom. The average Bonchev–Trinajstić information content (AvgIpc) is 3.48. The quantitative estimate of drug-likeness (QED) is 0.104. The van der Waals surface area contributed by atoms with Crippen molar-refractivity contribution in [3.8, 4) is 11.1 Å². The van der Waals surface area contributed by atoms with Crippen molar-refractivity contribution in [1.82, 2.24) is 4.90 Å². The Labute approximate surface area is 251 Å². The van der Waals surface area contributed by atoms with E-state index in [2.05, 4.69) is 5.16 Å². The molecule has 1 aliphatic heterocycles. The van der Waals surface area contributed by atoms with Crippen LogP contribution in [0.5, 0.6) is 0 Å². The highest BCUT2D eigenvalue weighted by Gasteiger charge is 2.44. The Bertz CT molecular complexity index is 1990. The van der Waals surface area contributed by atoms with E-state index < -0.39 is 55.7 Å². The number of carbonyl (C=O) groups is 3. The molecule has 45 heavy (non-hydrogen) atoms. The molecule has 0 aromatic heterocycles. The number of nitro benzene ring substituents is 3. The van der Waals surface area contributed by atoms with Crippen LogP contribution in [0.3, 0.4) is 0 Å². The molecule has 2 aliphatic rings. The number of benzene rings is 4. The van der Waals surface area contributed by atoms with Gasteiger partial charge in [-0.1, -0.05) is 47.6 Å². The van der Waals surface area contributed by atoms with Gasteiger partial charge in [0.25, 0.3) is 28.9 Å². The van der Waals surface area contributed by atoms with Crippen LogP contribution in [0.1, 0.15) is 37.4 Å². The summed E-state index contributed by atoms with van der Waals surface area (Å²) >= 11 is 0. The van der Waals surface area contributed by atoms with Crippen LogP contribution < -0.4 is 0 Å². The SMILES string of the molecule is O=C(O/N=C1\c2cc([N+](=O)[O-])ccc2-c2c1cc([N+](=O)[O-])cc2[N+](=O)[O-])[C@H](Cc1ccccc1)N1C(=O)c2ccccc2C1=O. The second-order valence-electron chi connectivity index (χ2n) is 9.97. The topological polar surface area (TPSA) is 205 Å². The van der Waals surface area contributed by atoms with E-state index in [0.29, 0.717) is 5.56 Å². The number of rotatable bonds is 8. The molecule has 2 amide bonds. The molecule has 1 atom stereocenters. The van der Waals surface area contributed by atoms with Crippen LogP contribution >= 0.6 is 0 Å². The summed E-state index contributed by atoms with van der Waals surface area (Å²) < 4.78 is 0. The summed E-state index contributed by atoms with van der Waals surface area (Å²) in [7, 11) is 0. The zero-order chi connectivity index (χ0) is 32.0. The van der Waals surface area contributed by atoms with Crippen LogP contribution in [0.25, 0.3) is 11.1 Å². The molecule has 0 saturated heterocycles. The third-order valence-electron chi connectivity index (χ3n) is 7.41. The predicted octanol–water partition coefficient (Wildman–Crippen LogP) is 4.59. The summed E-state index contributed by atoms with van der Waals surface area (Å²) in [5, 5.41) is 39.0. The first-order chi connectivity index (χ1) is 21.6. The third kappa shape index (κ3) is 4.83. The van der Waals surface area contributed by atoms with Gasteiger partial charge in [-0.25, -0.2) is 4.79 Å². The van der Waals surface area contributed by atoms with Crippen molar-refractivity contribution < 1.29 is 34.0 Å². The van der Waals surface area contributed by atoms with Crippen LogP contribution in [-0.4, -0.2) is 49.2 Å². The Morgan fingerprint density at radius 2 is 1.31 bits per heavy atom. The summed E-state index contributed by atoms with van der Waals surface area (Å²) in [4.78, 5) is 79.0. The summed E-state index contributed by atoms with van der Waals surface area (Å²) in [6.07, 6.45) is -0.161. The second-order valence-corrected chi connectivity index (χ2v) is 9.97. The molecule has 15 nitrogen and oxygen atoms in total. The highest BCUT2D eigenvalue weighted by molar-refractivity contribution is 6.26. The number of non-ortho nitro benzene ring substituents is 2. The molecule has 0 saturated carbocycles. The van der Waals surface area contributed by atoms with Crippen LogP contribution in [0.4, 0.5) is 17.1 Å². The van der Waals surface area contributed by atoms with E-state index in [-0.39, 0.29) is 45.5 Å². The second kappa shape index (κ2) is 10.9. The summed E-state index contributed by atoms with van der Waals surface area (Å²) in [6, 6.07) is 18.1. The molecule has 1 aliphatic carbocycles. The first-order valence-corrected chi connectivity index (χ1v) is 13.1. The van der Waals surface area contributed by atoms with Crippen LogP contribution in [0, 0.1) is 30.3 Å². The number of nitrogens with zero attached hydrogens (tertiary/aromatic N) is 5. The number of fused-ring (bicyclic) bond motifs is 4. The zero-order valence-corrected chi connectivity index (χ0v) is 22.7. The minimum absolute atomic E-state index is 0.0593. The Hall–Kier alpha value is -6.64. The standard InChI is InChI=1S/C30H17N5O10/c36-28-20-8-4-5-9-21(20)29(37)32(28)25(12-16-6-2-1-3-7-16)30(38)45-31-27-22-13-17(33(39)40)10-11-19(22)26-23(27)14-18(34(41)42)15-24(26)35(43)44/h1-11,13-15,25H,12H2/b31-27+/t25-/m0/s1. The lowest BCUT2D eigenvalue weighted by Crippen LogP contribution is -2.46. The largest absolute Gasteiger partial charge is 0.358 e. The number of nitro groups is 3. The molecule has 0 N–H and O–H groups in total.